The number of carbonyl (C=O) groups is 2. The zero-order chi connectivity index (χ0) is 33.8. The van der Waals surface area contributed by atoms with Crippen molar-refractivity contribution in [3.8, 4) is 0 Å². The SMILES string of the molecule is CCOC(=O)C1(C(=O)OCC)C[C@H](CC(F)(F)C(F)(F)C(F)(F)C(F)(F)C(F)(F)C(F)(F)C(F)(F)C(F)(F)F)[C@H](C)C1. The molecular formula is C21H21F17O4. The third-order valence-corrected chi connectivity index (χ3v) is 6.72. The zero-order valence-electron chi connectivity index (χ0n) is 21.2. The molecule has 0 aromatic heterocycles. The van der Waals surface area contributed by atoms with Gasteiger partial charge in [-0.15, -0.1) is 0 Å². The number of hydrogen-bond acceptors (Lipinski definition) is 4. The molecule has 0 amide bonds. The predicted molar refractivity (Wildman–Crippen MR) is 103 cm³/mol. The Labute approximate surface area is 224 Å². The fourth-order valence-corrected chi connectivity index (χ4v) is 4.33. The highest BCUT2D eigenvalue weighted by Gasteiger charge is 2.95. The molecule has 4 nitrogen and oxygen atoms in total. The highest BCUT2D eigenvalue weighted by Crippen LogP contribution is 2.65. The normalized spacial score (nSPS) is 21.3. The lowest BCUT2D eigenvalue weighted by molar-refractivity contribution is -0.462. The van der Waals surface area contributed by atoms with Crippen molar-refractivity contribution in [3.05, 3.63) is 0 Å². The van der Waals surface area contributed by atoms with Gasteiger partial charge in [0.25, 0.3) is 0 Å². The third-order valence-electron chi connectivity index (χ3n) is 6.72. The van der Waals surface area contributed by atoms with Gasteiger partial charge in [0, 0.05) is 6.42 Å². The minimum absolute atomic E-state index is 0.444. The summed E-state index contributed by atoms with van der Waals surface area (Å²) in [6.45, 7) is 2.39. The van der Waals surface area contributed by atoms with Crippen molar-refractivity contribution >= 4 is 11.9 Å². The number of alkyl halides is 17. The van der Waals surface area contributed by atoms with E-state index in [1.807, 2.05) is 0 Å². The monoisotopic (exact) mass is 660 g/mol. The molecule has 0 saturated heterocycles. The minimum atomic E-state index is -8.72. The van der Waals surface area contributed by atoms with Gasteiger partial charge in [-0.1, -0.05) is 6.92 Å². The van der Waals surface area contributed by atoms with Crippen molar-refractivity contribution < 1.29 is 93.7 Å². The molecule has 0 N–H and O–H groups in total. The summed E-state index contributed by atoms with van der Waals surface area (Å²) >= 11 is 0. The van der Waals surface area contributed by atoms with E-state index in [1.165, 1.54) is 13.8 Å². The topological polar surface area (TPSA) is 52.6 Å². The maximum absolute atomic E-state index is 14.6. The molecule has 0 unspecified atom stereocenters. The van der Waals surface area contributed by atoms with E-state index in [1.54, 1.807) is 0 Å². The number of halogens is 17. The van der Waals surface area contributed by atoms with Crippen molar-refractivity contribution in [2.24, 2.45) is 17.3 Å². The number of carbonyl (C=O) groups excluding carboxylic acids is 2. The van der Waals surface area contributed by atoms with Gasteiger partial charge in [0.1, 0.15) is 0 Å². The Morgan fingerprint density at radius 2 is 0.929 bits per heavy atom. The molecule has 1 aliphatic rings. The van der Waals surface area contributed by atoms with Crippen molar-refractivity contribution in [1.29, 1.82) is 0 Å². The minimum Gasteiger partial charge on any atom is -0.465 e. The first-order valence-electron chi connectivity index (χ1n) is 11.5. The summed E-state index contributed by atoms with van der Waals surface area (Å²) in [6, 6.07) is 0. The second kappa shape index (κ2) is 11.0. The smallest absolute Gasteiger partial charge is 0.460 e. The van der Waals surface area contributed by atoms with Crippen LogP contribution in [0.15, 0.2) is 0 Å². The van der Waals surface area contributed by atoms with Crippen LogP contribution >= 0.6 is 0 Å². The lowest BCUT2D eigenvalue weighted by atomic mass is 9.82. The summed E-state index contributed by atoms with van der Waals surface area (Å²) in [5.41, 5.74) is -2.52. The molecule has 0 bridgehead atoms. The summed E-state index contributed by atoms with van der Waals surface area (Å²) in [7, 11) is 0. The van der Waals surface area contributed by atoms with E-state index >= 15 is 0 Å². The van der Waals surface area contributed by atoms with E-state index in [4.69, 9.17) is 0 Å². The summed E-state index contributed by atoms with van der Waals surface area (Å²) in [4.78, 5) is 24.8. The molecule has 0 spiro atoms. The second-order valence-electron chi connectivity index (χ2n) is 9.52. The number of hydrogen-bond donors (Lipinski definition) is 0. The Morgan fingerprint density at radius 1 is 0.595 bits per heavy atom. The molecule has 1 rings (SSSR count). The lowest BCUT2D eigenvalue weighted by Gasteiger charge is -2.43. The van der Waals surface area contributed by atoms with Gasteiger partial charge in [-0.2, -0.15) is 74.6 Å². The van der Waals surface area contributed by atoms with Gasteiger partial charge in [-0.25, -0.2) is 0 Å². The van der Waals surface area contributed by atoms with Gasteiger partial charge >= 0.3 is 59.6 Å². The summed E-state index contributed by atoms with van der Waals surface area (Å²) in [6.07, 6.45) is -12.6. The van der Waals surface area contributed by atoms with Crippen molar-refractivity contribution in [2.45, 2.75) is 87.7 Å². The molecule has 1 fully saturated rings. The van der Waals surface area contributed by atoms with Gasteiger partial charge in [-0.3, -0.25) is 9.59 Å². The van der Waals surface area contributed by atoms with Crippen molar-refractivity contribution in [2.75, 3.05) is 13.2 Å². The van der Waals surface area contributed by atoms with Crippen LogP contribution in [0.1, 0.15) is 40.0 Å². The molecule has 2 atom stereocenters. The predicted octanol–water partition coefficient (Wildman–Crippen LogP) is 7.54. The van der Waals surface area contributed by atoms with Gasteiger partial charge in [-0.05, 0) is 38.5 Å². The highest BCUT2D eigenvalue weighted by molar-refractivity contribution is 6.00. The van der Waals surface area contributed by atoms with E-state index in [-0.39, 0.29) is 0 Å². The van der Waals surface area contributed by atoms with Crippen LogP contribution in [0.2, 0.25) is 0 Å². The molecule has 1 saturated carbocycles. The first-order chi connectivity index (χ1) is 18.4. The standard InChI is InChI=1S/C21H21F17O4/c1-4-41-11(39)13(12(40)42-5-2)6-9(3)10(7-13)8-14(22,23)15(24,25)16(26,27)17(28,29)18(30,31)19(32,33)20(34,35)21(36,37)38/h9-10H,4-8H2,1-3H3/t9-,10-/m1/s1. The maximum atomic E-state index is 14.6. The average Bonchev–Trinajstić information content (AvgIpc) is 3.14. The van der Waals surface area contributed by atoms with Crippen LogP contribution in [0.25, 0.3) is 0 Å². The lowest BCUT2D eigenvalue weighted by Crippen LogP contribution is -2.74. The van der Waals surface area contributed by atoms with E-state index in [9.17, 15) is 84.2 Å². The Bertz CT molecular complexity index is 987. The molecule has 21 heteroatoms. The van der Waals surface area contributed by atoms with E-state index in [0.717, 1.165) is 6.92 Å². The Balaban J connectivity index is 3.57. The quantitative estimate of drug-likeness (QED) is 0.123. The van der Waals surface area contributed by atoms with Gasteiger partial charge in [0.2, 0.25) is 0 Å². The van der Waals surface area contributed by atoms with Crippen molar-refractivity contribution in [3.63, 3.8) is 0 Å². The molecule has 0 aliphatic heterocycles. The van der Waals surface area contributed by atoms with E-state index in [0.29, 0.717) is 0 Å². The molecule has 0 radical (unpaired) electrons. The fraction of sp³-hybridized carbons (Fsp3) is 0.905. The van der Waals surface area contributed by atoms with Crippen LogP contribution in [0.3, 0.4) is 0 Å². The van der Waals surface area contributed by atoms with Gasteiger partial charge in [0.15, 0.2) is 5.41 Å². The molecule has 0 heterocycles. The zero-order valence-corrected chi connectivity index (χ0v) is 21.2. The average molecular weight is 660 g/mol. The van der Waals surface area contributed by atoms with E-state index in [2.05, 4.69) is 9.47 Å². The Kier molecular flexibility index (Phi) is 9.92. The maximum Gasteiger partial charge on any atom is 0.460 e. The molecular weight excluding hydrogens is 639 g/mol. The van der Waals surface area contributed by atoms with Gasteiger partial charge < -0.3 is 9.47 Å². The van der Waals surface area contributed by atoms with Crippen LogP contribution in [-0.2, 0) is 19.1 Å². The second-order valence-corrected chi connectivity index (χ2v) is 9.52. The summed E-state index contributed by atoms with van der Waals surface area (Å²) < 4.78 is 239. The van der Waals surface area contributed by atoms with Gasteiger partial charge in [0.05, 0.1) is 13.2 Å². The summed E-state index contributed by atoms with van der Waals surface area (Å²) in [5, 5.41) is 0. The van der Waals surface area contributed by atoms with E-state index < -0.39 is 109 Å². The van der Waals surface area contributed by atoms with Crippen LogP contribution < -0.4 is 0 Å². The fourth-order valence-electron chi connectivity index (χ4n) is 4.33. The highest BCUT2D eigenvalue weighted by atomic mass is 19.4. The number of rotatable bonds is 12. The first-order valence-corrected chi connectivity index (χ1v) is 11.5. The molecule has 0 aromatic rings. The van der Waals surface area contributed by atoms with Crippen LogP contribution in [0, 0.1) is 17.3 Å². The van der Waals surface area contributed by atoms with Crippen LogP contribution in [-0.4, -0.2) is 72.8 Å². The Morgan fingerprint density at radius 3 is 1.26 bits per heavy atom. The first kappa shape index (κ1) is 37.8. The Hall–Kier alpha value is -2.25. The van der Waals surface area contributed by atoms with Crippen molar-refractivity contribution in [1.82, 2.24) is 0 Å². The number of ether oxygens (including phenoxy) is 2. The molecule has 248 valence electrons. The summed E-state index contributed by atoms with van der Waals surface area (Å²) in [5.74, 6) is -63.7. The van der Waals surface area contributed by atoms with Crippen LogP contribution in [0.5, 0.6) is 0 Å². The van der Waals surface area contributed by atoms with Crippen LogP contribution in [0.4, 0.5) is 74.6 Å². The largest absolute Gasteiger partial charge is 0.465 e. The molecule has 0 aromatic carbocycles. The third kappa shape index (κ3) is 5.34. The molecule has 42 heavy (non-hydrogen) atoms. The number of esters is 2. The molecule has 1 aliphatic carbocycles.